The van der Waals surface area contributed by atoms with Gasteiger partial charge in [0.15, 0.2) is 0 Å². The zero-order valence-electron chi connectivity index (χ0n) is 15.2. The van der Waals surface area contributed by atoms with Gasteiger partial charge in [0.25, 0.3) is 5.91 Å². The minimum Gasteiger partial charge on any atom is -0.497 e. The zero-order chi connectivity index (χ0) is 17.8. The van der Waals surface area contributed by atoms with E-state index in [2.05, 4.69) is 22.1 Å². The summed E-state index contributed by atoms with van der Waals surface area (Å²) in [7, 11) is 5.41. The van der Waals surface area contributed by atoms with E-state index >= 15 is 0 Å². The Bertz CT molecular complexity index is 702. The number of hydrogen-bond acceptors (Lipinski definition) is 4. The number of methoxy groups -OCH3 is 1. The number of carbonyl (C=O) groups is 1. The monoisotopic (exact) mass is 342 g/mol. The van der Waals surface area contributed by atoms with Gasteiger partial charge in [0.05, 0.1) is 18.9 Å². The van der Waals surface area contributed by atoms with E-state index in [0.717, 1.165) is 38.2 Å². The molecule has 6 nitrogen and oxygen atoms in total. The van der Waals surface area contributed by atoms with Crippen molar-refractivity contribution in [3.05, 3.63) is 47.8 Å². The van der Waals surface area contributed by atoms with Crippen molar-refractivity contribution in [3.63, 3.8) is 0 Å². The molecule has 134 valence electrons. The number of hydrogen-bond donors (Lipinski definition) is 0. The Morgan fingerprint density at radius 1 is 1.28 bits per heavy atom. The predicted molar refractivity (Wildman–Crippen MR) is 96.6 cm³/mol. The minimum absolute atomic E-state index is 0.0571. The third-order valence-corrected chi connectivity index (χ3v) is 4.94. The van der Waals surface area contributed by atoms with Crippen LogP contribution in [0.1, 0.15) is 28.8 Å². The molecule has 1 aliphatic rings. The number of piperidine rings is 1. The first-order valence-electron chi connectivity index (χ1n) is 8.68. The topological polar surface area (TPSA) is 50.6 Å². The molecule has 25 heavy (non-hydrogen) atoms. The summed E-state index contributed by atoms with van der Waals surface area (Å²) in [5.74, 6) is 0.944. The van der Waals surface area contributed by atoms with Gasteiger partial charge < -0.3 is 9.64 Å². The number of aryl methyl sites for hydroxylation is 1. The van der Waals surface area contributed by atoms with Crippen LogP contribution in [-0.2, 0) is 13.6 Å². The summed E-state index contributed by atoms with van der Waals surface area (Å²) in [5.41, 5.74) is 1.95. The quantitative estimate of drug-likeness (QED) is 0.836. The van der Waals surface area contributed by atoms with Crippen molar-refractivity contribution in [2.24, 2.45) is 7.05 Å². The number of ether oxygens (including phenoxy) is 1. The Balaban J connectivity index is 1.51. The first kappa shape index (κ1) is 17.5. The third-order valence-electron chi connectivity index (χ3n) is 4.94. The van der Waals surface area contributed by atoms with Gasteiger partial charge in [0.2, 0.25) is 0 Å². The van der Waals surface area contributed by atoms with Crippen LogP contribution in [0.3, 0.4) is 0 Å². The van der Waals surface area contributed by atoms with Crippen molar-refractivity contribution in [3.8, 4) is 5.75 Å². The Morgan fingerprint density at radius 3 is 2.52 bits per heavy atom. The molecule has 0 bridgehead atoms. The van der Waals surface area contributed by atoms with Crippen LogP contribution in [0.4, 0.5) is 0 Å². The van der Waals surface area contributed by atoms with Gasteiger partial charge in [-0.3, -0.25) is 14.4 Å². The molecule has 2 heterocycles. The maximum Gasteiger partial charge on any atom is 0.257 e. The van der Waals surface area contributed by atoms with E-state index < -0.39 is 0 Å². The van der Waals surface area contributed by atoms with Crippen molar-refractivity contribution in [2.45, 2.75) is 25.4 Å². The van der Waals surface area contributed by atoms with Crippen molar-refractivity contribution in [1.82, 2.24) is 19.6 Å². The maximum absolute atomic E-state index is 12.5. The summed E-state index contributed by atoms with van der Waals surface area (Å²) in [4.78, 5) is 16.9. The lowest BCUT2D eigenvalue weighted by Gasteiger charge is -2.36. The van der Waals surface area contributed by atoms with Crippen molar-refractivity contribution >= 4 is 5.91 Å². The highest BCUT2D eigenvalue weighted by molar-refractivity contribution is 5.93. The summed E-state index contributed by atoms with van der Waals surface area (Å²) >= 11 is 0. The molecule has 6 heteroatoms. The average Bonchev–Trinajstić information content (AvgIpc) is 3.08. The lowest BCUT2D eigenvalue weighted by atomic mass is 10.0. The molecule has 2 aromatic rings. The zero-order valence-corrected chi connectivity index (χ0v) is 15.2. The molecule has 0 N–H and O–H groups in total. The van der Waals surface area contributed by atoms with Crippen LogP contribution in [-0.4, -0.2) is 58.8 Å². The van der Waals surface area contributed by atoms with Crippen LogP contribution in [0.15, 0.2) is 36.7 Å². The maximum atomic E-state index is 12.5. The fourth-order valence-electron chi connectivity index (χ4n) is 3.36. The molecule has 1 aromatic heterocycles. The molecule has 0 saturated carbocycles. The standard InChI is InChI=1S/C19H26N4O2/c1-21-14-16(12-20-21)19(24)22(2)17-8-10-23(11-9-17)13-15-4-6-18(25-3)7-5-15/h4-7,12,14,17H,8-11,13H2,1-3H3. The molecule has 0 radical (unpaired) electrons. The minimum atomic E-state index is 0.0571. The molecular weight excluding hydrogens is 316 g/mol. The van der Waals surface area contributed by atoms with Crippen LogP contribution in [0, 0.1) is 0 Å². The summed E-state index contributed by atoms with van der Waals surface area (Å²) in [6.07, 6.45) is 5.41. The van der Waals surface area contributed by atoms with E-state index in [-0.39, 0.29) is 5.91 Å². The molecule has 1 aliphatic heterocycles. The highest BCUT2D eigenvalue weighted by atomic mass is 16.5. The summed E-state index contributed by atoms with van der Waals surface area (Å²) < 4.78 is 6.87. The number of amides is 1. The molecule has 0 aliphatic carbocycles. The predicted octanol–water partition coefficient (Wildman–Crippen LogP) is 2.17. The second-order valence-corrected chi connectivity index (χ2v) is 6.67. The number of carbonyl (C=O) groups excluding carboxylic acids is 1. The normalized spacial score (nSPS) is 16.0. The van der Waals surface area contributed by atoms with E-state index in [0.29, 0.717) is 11.6 Å². The van der Waals surface area contributed by atoms with Crippen LogP contribution in [0.5, 0.6) is 5.75 Å². The summed E-state index contributed by atoms with van der Waals surface area (Å²) in [6, 6.07) is 8.52. The SMILES string of the molecule is COc1ccc(CN2CCC(N(C)C(=O)c3cnn(C)c3)CC2)cc1. The number of benzene rings is 1. The van der Waals surface area contributed by atoms with Crippen LogP contribution in [0.2, 0.25) is 0 Å². The van der Waals surface area contributed by atoms with Gasteiger partial charge >= 0.3 is 0 Å². The molecule has 1 aromatic carbocycles. The second kappa shape index (κ2) is 7.70. The largest absolute Gasteiger partial charge is 0.497 e. The van der Waals surface area contributed by atoms with E-state index in [1.807, 2.05) is 31.1 Å². The highest BCUT2D eigenvalue weighted by Gasteiger charge is 2.26. The molecule has 1 amide bonds. The van der Waals surface area contributed by atoms with E-state index in [1.165, 1.54) is 5.56 Å². The molecule has 3 rings (SSSR count). The summed E-state index contributed by atoms with van der Waals surface area (Å²) in [6.45, 7) is 2.94. The van der Waals surface area contributed by atoms with Crippen LogP contribution >= 0.6 is 0 Å². The van der Waals surface area contributed by atoms with E-state index in [4.69, 9.17) is 4.74 Å². The smallest absolute Gasteiger partial charge is 0.257 e. The molecule has 0 unspecified atom stereocenters. The number of likely N-dealkylation sites (tertiary alicyclic amines) is 1. The van der Waals surface area contributed by atoms with Crippen LogP contribution < -0.4 is 4.74 Å². The number of nitrogens with zero attached hydrogens (tertiary/aromatic N) is 4. The van der Waals surface area contributed by atoms with Gasteiger partial charge in [-0.05, 0) is 30.5 Å². The lowest BCUT2D eigenvalue weighted by molar-refractivity contribution is 0.0636. The molecule has 1 saturated heterocycles. The van der Waals surface area contributed by atoms with Crippen molar-refractivity contribution < 1.29 is 9.53 Å². The fourth-order valence-corrected chi connectivity index (χ4v) is 3.36. The lowest BCUT2D eigenvalue weighted by Crippen LogP contribution is -2.45. The van der Waals surface area contributed by atoms with Crippen LogP contribution in [0.25, 0.3) is 0 Å². The number of aromatic nitrogens is 2. The molecule has 1 fully saturated rings. The van der Waals surface area contributed by atoms with Gasteiger partial charge in [0, 0.05) is 46.0 Å². The van der Waals surface area contributed by atoms with E-state index in [1.54, 1.807) is 24.2 Å². The second-order valence-electron chi connectivity index (χ2n) is 6.67. The Kier molecular flexibility index (Phi) is 5.38. The van der Waals surface area contributed by atoms with Gasteiger partial charge in [-0.15, -0.1) is 0 Å². The van der Waals surface area contributed by atoms with Gasteiger partial charge in [0.1, 0.15) is 5.75 Å². The highest BCUT2D eigenvalue weighted by Crippen LogP contribution is 2.20. The molecular formula is C19H26N4O2. The number of rotatable bonds is 5. The van der Waals surface area contributed by atoms with Gasteiger partial charge in [-0.2, -0.15) is 5.10 Å². The first-order chi connectivity index (χ1) is 12.1. The van der Waals surface area contributed by atoms with Crippen molar-refractivity contribution in [1.29, 1.82) is 0 Å². The Labute approximate surface area is 149 Å². The fraction of sp³-hybridized carbons (Fsp3) is 0.474. The average molecular weight is 342 g/mol. The van der Waals surface area contributed by atoms with E-state index in [9.17, 15) is 4.79 Å². The molecule has 0 spiro atoms. The van der Waals surface area contributed by atoms with Crippen molar-refractivity contribution in [2.75, 3.05) is 27.2 Å². The first-order valence-corrected chi connectivity index (χ1v) is 8.68. The van der Waals surface area contributed by atoms with Gasteiger partial charge in [-0.1, -0.05) is 12.1 Å². The summed E-state index contributed by atoms with van der Waals surface area (Å²) in [5, 5.41) is 4.09. The molecule has 0 atom stereocenters. The third kappa shape index (κ3) is 4.20. The Morgan fingerprint density at radius 2 is 1.96 bits per heavy atom. The van der Waals surface area contributed by atoms with Gasteiger partial charge in [-0.25, -0.2) is 0 Å². The Hall–Kier alpha value is -2.34.